The van der Waals surface area contributed by atoms with Crippen LogP contribution in [0.4, 0.5) is 0 Å². The van der Waals surface area contributed by atoms with Gasteiger partial charge in [-0.15, -0.1) is 0 Å². The van der Waals surface area contributed by atoms with Crippen LogP contribution in [0.3, 0.4) is 0 Å². The fourth-order valence-electron chi connectivity index (χ4n) is 2.22. The van der Waals surface area contributed by atoms with Crippen molar-refractivity contribution in [3.05, 3.63) is 17.7 Å². The fraction of sp³-hybridized carbons (Fsp3) is 0.667. The molecule has 0 radical (unpaired) electrons. The molecule has 7 heteroatoms. The van der Waals surface area contributed by atoms with Crippen molar-refractivity contribution in [2.45, 2.75) is 51.5 Å². The lowest BCUT2D eigenvalue weighted by Gasteiger charge is -2.32. The Bertz CT molecular complexity index is 533. The summed E-state index contributed by atoms with van der Waals surface area (Å²) < 4.78 is 27.1. The van der Waals surface area contributed by atoms with Crippen molar-refractivity contribution in [1.29, 1.82) is 0 Å². The van der Waals surface area contributed by atoms with Gasteiger partial charge in [0.2, 0.25) is 15.3 Å². The van der Waals surface area contributed by atoms with Crippen molar-refractivity contribution in [2.24, 2.45) is 5.41 Å². The van der Waals surface area contributed by atoms with E-state index in [4.69, 9.17) is 11.6 Å². The summed E-state index contributed by atoms with van der Waals surface area (Å²) in [7, 11) is -3.64. The van der Waals surface area contributed by atoms with E-state index in [2.05, 4.69) is 35.5 Å². The highest BCUT2D eigenvalue weighted by atomic mass is 35.5. The summed E-state index contributed by atoms with van der Waals surface area (Å²) in [5, 5.41) is 0.0212. The molecular formula is C12H20ClN3O2S. The molecule has 0 aliphatic heterocycles. The first-order valence-electron chi connectivity index (χ1n) is 5.93. The van der Waals surface area contributed by atoms with Crippen molar-refractivity contribution in [1.82, 2.24) is 14.7 Å². The molecular weight excluding hydrogens is 286 g/mol. The van der Waals surface area contributed by atoms with Crippen molar-refractivity contribution in [3.63, 3.8) is 0 Å². The molecule has 0 aliphatic rings. The monoisotopic (exact) mass is 305 g/mol. The summed E-state index contributed by atoms with van der Waals surface area (Å²) in [6.07, 6.45) is 3.10. The summed E-state index contributed by atoms with van der Waals surface area (Å²) in [6, 6.07) is 0. The van der Waals surface area contributed by atoms with Crippen LogP contribution in [0.1, 0.15) is 41.0 Å². The predicted octanol–water partition coefficient (Wildman–Crippen LogP) is 2.62. The first-order chi connectivity index (χ1) is 8.41. The Morgan fingerprint density at radius 2 is 1.63 bits per heavy atom. The molecule has 19 heavy (non-hydrogen) atoms. The third-order valence-corrected chi connectivity index (χ3v) is 4.14. The molecule has 1 heterocycles. The van der Waals surface area contributed by atoms with E-state index >= 15 is 0 Å². The van der Waals surface area contributed by atoms with Gasteiger partial charge in [-0.1, -0.05) is 20.8 Å². The number of hydrogen-bond donors (Lipinski definition) is 1. The molecule has 0 fully saturated rings. The first kappa shape index (κ1) is 16.3. The van der Waals surface area contributed by atoms with E-state index in [0.29, 0.717) is 6.42 Å². The zero-order valence-electron chi connectivity index (χ0n) is 11.9. The molecule has 0 saturated heterocycles. The van der Waals surface area contributed by atoms with Gasteiger partial charge in [0.15, 0.2) is 0 Å². The summed E-state index contributed by atoms with van der Waals surface area (Å²) in [5.41, 5.74) is -0.542. The average molecular weight is 306 g/mol. The van der Waals surface area contributed by atoms with Crippen LogP contribution < -0.4 is 4.72 Å². The molecule has 1 N–H and O–H groups in total. The van der Waals surface area contributed by atoms with Crippen molar-refractivity contribution >= 4 is 21.6 Å². The Labute approximate surface area is 119 Å². The van der Waals surface area contributed by atoms with Gasteiger partial charge in [0.1, 0.15) is 4.90 Å². The zero-order chi connectivity index (χ0) is 14.9. The Kier molecular flexibility index (Phi) is 4.59. The highest BCUT2D eigenvalue weighted by Crippen LogP contribution is 2.28. The number of hydrogen-bond acceptors (Lipinski definition) is 4. The maximum Gasteiger partial charge on any atom is 0.244 e. The summed E-state index contributed by atoms with van der Waals surface area (Å²) in [6.45, 7) is 9.90. The van der Waals surface area contributed by atoms with Crippen molar-refractivity contribution < 1.29 is 8.42 Å². The van der Waals surface area contributed by atoms with Crippen LogP contribution in [0.15, 0.2) is 17.3 Å². The minimum atomic E-state index is -3.64. The van der Waals surface area contributed by atoms with Crippen LogP contribution in [0.5, 0.6) is 0 Å². The van der Waals surface area contributed by atoms with Crippen LogP contribution >= 0.6 is 11.6 Å². The minimum Gasteiger partial charge on any atom is -0.225 e. The van der Waals surface area contributed by atoms with Gasteiger partial charge >= 0.3 is 0 Å². The Morgan fingerprint density at radius 1 is 1.16 bits per heavy atom. The smallest absolute Gasteiger partial charge is 0.225 e. The molecule has 1 rings (SSSR count). The molecule has 0 unspecified atom stereocenters. The molecule has 0 atom stereocenters. The first-order valence-corrected chi connectivity index (χ1v) is 7.79. The molecule has 0 aliphatic carbocycles. The second kappa shape index (κ2) is 5.34. The van der Waals surface area contributed by atoms with Gasteiger partial charge in [-0.25, -0.2) is 23.1 Å². The summed E-state index contributed by atoms with van der Waals surface area (Å²) in [4.78, 5) is 7.38. The molecule has 0 bridgehead atoms. The van der Waals surface area contributed by atoms with Gasteiger partial charge in [-0.05, 0) is 37.3 Å². The second-order valence-electron chi connectivity index (χ2n) is 6.41. The van der Waals surface area contributed by atoms with Gasteiger partial charge in [0.25, 0.3) is 0 Å². The van der Waals surface area contributed by atoms with E-state index < -0.39 is 15.6 Å². The van der Waals surface area contributed by atoms with E-state index in [1.807, 2.05) is 13.8 Å². The quantitative estimate of drug-likeness (QED) is 0.868. The maximum atomic E-state index is 12.2. The van der Waals surface area contributed by atoms with Crippen molar-refractivity contribution in [3.8, 4) is 0 Å². The molecule has 0 spiro atoms. The summed E-state index contributed by atoms with van der Waals surface area (Å²) >= 11 is 5.54. The third kappa shape index (κ3) is 5.42. The average Bonchev–Trinajstić information content (AvgIpc) is 2.11. The predicted molar refractivity (Wildman–Crippen MR) is 75.5 cm³/mol. The van der Waals surface area contributed by atoms with E-state index in [9.17, 15) is 8.42 Å². The Balaban J connectivity index is 2.94. The normalized spacial score (nSPS) is 13.6. The van der Waals surface area contributed by atoms with Gasteiger partial charge < -0.3 is 0 Å². The van der Waals surface area contributed by atoms with Crippen LogP contribution in [-0.4, -0.2) is 23.9 Å². The van der Waals surface area contributed by atoms with Gasteiger partial charge in [0, 0.05) is 5.54 Å². The topological polar surface area (TPSA) is 72.0 Å². The van der Waals surface area contributed by atoms with Gasteiger partial charge in [0.05, 0.1) is 12.4 Å². The number of sulfonamides is 1. The molecule has 5 nitrogen and oxygen atoms in total. The molecule has 108 valence electrons. The standard InChI is InChI=1S/C12H20ClN3O2S/c1-11(2,3)8-12(4,5)16-19(17,18)9-6-14-10(13)15-7-9/h6-7,16H,8H2,1-5H3. The molecule has 0 amide bonds. The van der Waals surface area contributed by atoms with Crippen LogP contribution in [0.25, 0.3) is 0 Å². The summed E-state index contributed by atoms with van der Waals surface area (Å²) in [5.74, 6) is 0. The largest absolute Gasteiger partial charge is 0.244 e. The SMILES string of the molecule is CC(C)(C)CC(C)(C)NS(=O)(=O)c1cnc(Cl)nc1. The number of rotatable bonds is 4. The number of aromatic nitrogens is 2. The third-order valence-electron chi connectivity index (χ3n) is 2.29. The number of nitrogens with zero attached hydrogens (tertiary/aromatic N) is 2. The molecule has 1 aromatic heterocycles. The molecule has 0 saturated carbocycles. The van der Waals surface area contributed by atoms with Crippen LogP contribution in [0.2, 0.25) is 5.28 Å². The van der Waals surface area contributed by atoms with Gasteiger partial charge in [-0.2, -0.15) is 0 Å². The van der Waals surface area contributed by atoms with Crippen LogP contribution in [0, 0.1) is 5.41 Å². The maximum absolute atomic E-state index is 12.2. The lowest BCUT2D eigenvalue weighted by Crippen LogP contribution is -2.45. The van der Waals surface area contributed by atoms with E-state index in [1.165, 1.54) is 12.4 Å². The second-order valence-corrected chi connectivity index (χ2v) is 8.44. The van der Waals surface area contributed by atoms with E-state index in [-0.39, 0.29) is 15.6 Å². The van der Waals surface area contributed by atoms with Crippen molar-refractivity contribution in [2.75, 3.05) is 0 Å². The minimum absolute atomic E-state index is 0.0129. The van der Waals surface area contributed by atoms with Gasteiger partial charge in [-0.3, -0.25) is 0 Å². The van der Waals surface area contributed by atoms with Crippen LogP contribution in [-0.2, 0) is 10.0 Å². The Hall–Kier alpha value is -0.720. The van der Waals surface area contributed by atoms with E-state index in [0.717, 1.165) is 0 Å². The molecule has 1 aromatic rings. The zero-order valence-corrected chi connectivity index (χ0v) is 13.4. The lowest BCUT2D eigenvalue weighted by atomic mass is 9.82. The lowest BCUT2D eigenvalue weighted by molar-refractivity contribution is 0.269. The highest BCUT2D eigenvalue weighted by molar-refractivity contribution is 7.89. The Morgan fingerprint density at radius 3 is 2.05 bits per heavy atom. The van der Waals surface area contributed by atoms with E-state index in [1.54, 1.807) is 0 Å². The fourth-order valence-corrected chi connectivity index (χ4v) is 3.62. The number of halogens is 1. The molecule has 0 aromatic carbocycles. The number of nitrogens with one attached hydrogen (secondary N) is 1. The highest BCUT2D eigenvalue weighted by Gasteiger charge is 2.30.